The number of aromatic nitrogens is 5. The second kappa shape index (κ2) is 9.26. The molecule has 1 aliphatic rings. The molecule has 152 valence electrons. The minimum Gasteiger partial charge on any atom is -0.342 e. The maximum absolute atomic E-state index is 12.7. The zero-order chi connectivity index (χ0) is 20.1. The smallest absolute Gasteiger partial charge is 0.222 e. The first-order chi connectivity index (χ1) is 14.2. The van der Waals surface area contributed by atoms with Crippen LogP contribution in [0.3, 0.4) is 0 Å². The van der Waals surface area contributed by atoms with Gasteiger partial charge >= 0.3 is 0 Å². The molecular formula is C21H26N6OS. The average Bonchev–Trinajstić information content (AvgIpc) is 3.44. The van der Waals surface area contributed by atoms with E-state index in [9.17, 15) is 4.79 Å². The fourth-order valence-corrected chi connectivity index (χ4v) is 4.68. The standard InChI is InChI=1S/C21H26N6OS/c1-2-18-15-29-21(22-18)17-10-6-12-26(14-17)19(28)11-7-13-27-24-20(23-25-27)16-8-4-3-5-9-16/h3-5,8-9,15,17H,2,6-7,10-14H2,1H3. The highest BCUT2D eigenvalue weighted by Crippen LogP contribution is 2.29. The Morgan fingerprint density at radius 3 is 2.93 bits per heavy atom. The minimum absolute atomic E-state index is 0.213. The average molecular weight is 411 g/mol. The van der Waals surface area contributed by atoms with Gasteiger partial charge < -0.3 is 4.90 Å². The number of piperidine rings is 1. The van der Waals surface area contributed by atoms with E-state index in [2.05, 4.69) is 27.7 Å². The number of rotatable bonds is 7. The zero-order valence-corrected chi connectivity index (χ0v) is 17.5. The van der Waals surface area contributed by atoms with Gasteiger partial charge in [0.25, 0.3) is 0 Å². The van der Waals surface area contributed by atoms with Crippen molar-refractivity contribution in [1.29, 1.82) is 0 Å². The number of carbonyl (C=O) groups is 1. The van der Waals surface area contributed by atoms with E-state index in [-0.39, 0.29) is 5.91 Å². The van der Waals surface area contributed by atoms with Crippen LogP contribution < -0.4 is 0 Å². The van der Waals surface area contributed by atoms with Crippen LogP contribution in [0.5, 0.6) is 0 Å². The fourth-order valence-electron chi connectivity index (χ4n) is 3.65. The van der Waals surface area contributed by atoms with Crippen LogP contribution in [0.25, 0.3) is 11.4 Å². The first kappa shape index (κ1) is 19.7. The number of nitrogens with zero attached hydrogens (tertiary/aromatic N) is 6. The van der Waals surface area contributed by atoms with E-state index in [1.165, 1.54) is 5.01 Å². The van der Waals surface area contributed by atoms with E-state index in [1.807, 2.05) is 35.2 Å². The van der Waals surface area contributed by atoms with Gasteiger partial charge in [-0.2, -0.15) is 4.80 Å². The van der Waals surface area contributed by atoms with Crippen LogP contribution in [-0.4, -0.2) is 49.1 Å². The summed E-state index contributed by atoms with van der Waals surface area (Å²) in [6, 6.07) is 9.79. The highest BCUT2D eigenvalue weighted by atomic mass is 32.1. The van der Waals surface area contributed by atoms with E-state index in [0.717, 1.165) is 43.6 Å². The third kappa shape index (κ3) is 4.87. The molecule has 8 heteroatoms. The molecule has 3 aromatic rings. The fraction of sp³-hybridized carbons (Fsp3) is 0.476. The SMILES string of the molecule is CCc1csc(C2CCCN(C(=O)CCCn3nnc(-c4ccccc4)n3)C2)n1. The Kier molecular flexibility index (Phi) is 6.29. The van der Waals surface area contributed by atoms with E-state index < -0.39 is 0 Å². The quantitative estimate of drug-likeness (QED) is 0.595. The van der Waals surface area contributed by atoms with Gasteiger partial charge in [-0.25, -0.2) is 4.98 Å². The molecule has 0 aliphatic carbocycles. The van der Waals surface area contributed by atoms with Crippen molar-refractivity contribution in [2.24, 2.45) is 0 Å². The lowest BCUT2D eigenvalue weighted by Crippen LogP contribution is -2.39. The number of benzene rings is 1. The molecule has 1 aromatic carbocycles. The number of hydrogen-bond acceptors (Lipinski definition) is 6. The zero-order valence-electron chi connectivity index (χ0n) is 16.7. The van der Waals surface area contributed by atoms with Crippen LogP contribution in [0, 0.1) is 0 Å². The second-order valence-electron chi connectivity index (χ2n) is 7.39. The van der Waals surface area contributed by atoms with Gasteiger partial charge in [0.05, 0.1) is 17.2 Å². The van der Waals surface area contributed by atoms with Crippen molar-refractivity contribution in [3.8, 4) is 11.4 Å². The van der Waals surface area contributed by atoms with Crippen LogP contribution >= 0.6 is 11.3 Å². The number of tetrazole rings is 1. The lowest BCUT2D eigenvalue weighted by Gasteiger charge is -2.32. The first-order valence-electron chi connectivity index (χ1n) is 10.3. The van der Waals surface area contributed by atoms with Crippen LogP contribution in [0.2, 0.25) is 0 Å². The Labute approximate surface area is 174 Å². The van der Waals surface area contributed by atoms with E-state index >= 15 is 0 Å². The summed E-state index contributed by atoms with van der Waals surface area (Å²) in [5, 5.41) is 16.0. The van der Waals surface area contributed by atoms with Crippen molar-refractivity contribution < 1.29 is 4.79 Å². The maximum Gasteiger partial charge on any atom is 0.222 e. The Morgan fingerprint density at radius 2 is 2.14 bits per heavy atom. The molecule has 1 amide bonds. The number of thiazole rings is 1. The molecule has 2 aromatic heterocycles. The molecule has 0 radical (unpaired) electrons. The summed E-state index contributed by atoms with van der Waals surface area (Å²) in [5.74, 6) is 1.21. The van der Waals surface area contributed by atoms with Crippen molar-refractivity contribution in [3.63, 3.8) is 0 Å². The molecule has 1 fully saturated rings. The molecule has 4 rings (SSSR count). The Balaban J connectivity index is 1.27. The normalized spacial score (nSPS) is 16.9. The molecular weight excluding hydrogens is 384 g/mol. The van der Waals surface area contributed by atoms with Gasteiger partial charge in [-0.1, -0.05) is 37.3 Å². The minimum atomic E-state index is 0.213. The highest BCUT2D eigenvalue weighted by molar-refractivity contribution is 7.09. The van der Waals surface area contributed by atoms with Gasteiger partial charge in [0.2, 0.25) is 11.7 Å². The summed E-state index contributed by atoms with van der Waals surface area (Å²) in [6.07, 6.45) is 4.34. The van der Waals surface area contributed by atoms with Gasteiger partial charge in [-0.05, 0) is 30.9 Å². The largest absolute Gasteiger partial charge is 0.342 e. The predicted octanol–water partition coefficient (Wildman–Crippen LogP) is 3.55. The van der Waals surface area contributed by atoms with Crippen molar-refractivity contribution in [1.82, 2.24) is 30.1 Å². The summed E-state index contributed by atoms with van der Waals surface area (Å²) in [5.41, 5.74) is 2.10. The van der Waals surface area contributed by atoms with Crippen molar-refractivity contribution >= 4 is 17.2 Å². The molecule has 0 N–H and O–H groups in total. The van der Waals surface area contributed by atoms with Gasteiger partial charge in [0.15, 0.2) is 0 Å². The number of hydrogen-bond donors (Lipinski definition) is 0. The van der Waals surface area contributed by atoms with E-state index in [1.54, 1.807) is 16.1 Å². The van der Waals surface area contributed by atoms with Crippen molar-refractivity contribution in [2.75, 3.05) is 13.1 Å². The first-order valence-corrected chi connectivity index (χ1v) is 11.2. The highest BCUT2D eigenvalue weighted by Gasteiger charge is 2.26. The van der Waals surface area contributed by atoms with Crippen LogP contribution in [0.15, 0.2) is 35.7 Å². The Hall–Kier alpha value is -2.61. The van der Waals surface area contributed by atoms with Crippen molar-refractivity contribution in [3.05, 3.63) is 46.4 Å². The molecule has 0 bridgehead atoms. The van der Waals surface area contributed by atoms with Crippen LogP contribution in [0.1, 0.15) is 49.2 Å². The molecule has 1 aliphatic heterocycles. The lowest BCUT2D eigenvalue weighted by atomic mass is 9.98. The van der Waals surface area contributed by atoms with Crippen molar-refractivity contribution in [2.45, 2.75) is 51.5 Å². The van der Waals surface area contributed by atoms with E-state index in [4.69, 9.17) is 4.98 Å². The summed E-state index contributed by atoms with van der Waals surface area (Å²) < 4.78 is 0. The summed E-state index contributed by atoms with van der Waals surface area (Å²) in [6.45, 7) is 4.35. The topological polar surface area (TPSA) is 76.8 Å². The molecule has 1 saturated heterocycles. The van der Waals surface area contributed by atoms with Gasteiger partial charge in [-0.15, -0.1) is 21.5 Å². The second-order valence-corrected chi connectivity index (χ2v) is 8.28. The molecule has 1 unspecified atom stereocenters. The lowest BCUT2D eigenvalue weighted by molar-refractivity contribution is -0.132. The summed E-state index contributed by atoms with van der Waals surface area (Å²) in [7, 11) is 0. The molecule has 1 atom stereocenters. The summed E-state index contributed by atoms with van der Waals surface area (Å²) in [4.78, 5) is 21.0. The third-order valence-corrected chi connectivity index (χ3v) is 6.34. The summed E-state index contributed by atoms with van der Waals surface area (Å²) >= 11 is 1.73. The maximum atomic E-state index is 12.7. The Bertz CT molecular complexity index is 938. The van der Waals surface area contributed by atoms with Gasteiger partial charge in [0, 0.05) is 36.4 Å². The molecule has 29 heavy (non-hydrogen) atoms. The number of carbonyl (C=O) groups excluding carboxylic acids is 1. The van der Waals surface area contributed by atoms with Crippen LogP contribution in [-0.2, 0) is 17.8 Å². The molecule has 7 nitrogen and oxygen atoms in total. The molecule has 0 spiro atoms. The molecule has 0 saturated carbocycles. The predicted molar refractivity (Wildman–Crippen MR) is 113 cm³/mol. The Morgan fingerprint density at radius 1 is 1.28 bits per heavy atom. The monoisotopic (exact) mass is 410 g/mol. The third-order valence-electron chi connectivity index (χ3n) is 5.29. The number of aryl methyl sites for hydroxylation is 2. The van der Waals surface area contributed by atoms with Gasteiger partial charge in [-0.3, -0.25) is 4.79 Å². The van der Waals surface area contributed by atoms with E-state index in [0.29, 0.717) is 31.1 Å². The number of amides is 1. The number of likely N-dealkylation sites (tertiary alicyclic amines) is 1. The van der Waals surface area contributed by atoms with Crippen LogP contribution in [0.4, 0.5) is 0 Å². The van der Waals surface area contributed by atoms with Gasteiger partial charge in [0.1, 0.15) is 0 Å². The molecule has 3 heterocycles.